The van der Waals surface area contributed by atoms with Gasteiger partial charge >= 0.3 is 0 Å². The normalized spacial score (nSPS) is 12.1. The first-order valence-corrected chi connectivity index (χ1v) is 4.06. The van der Waals surface area contributed by atoms with Crippen molar-refractivity contribution in [1.29, 1.82) is 5.26 Å². The van der Waals surface area contributed by atoms with Crippen molar-refractivity contribution >= 4 is 5.78 Å². The molecule has 0 aliphatic rings. The topological polar surface area (TPSA) is 58.7 Å². The van der Waals surface area contributed by atoms with E-state index >= 15 is 0 Å². The lowest BCUT2D eigenvalue weighted by Gasteiger charge is -2.01. The molecule has 4 heteroatoms. The summed E-state index contributed by atoms with van der Waals surface area (Å²) in [6, 6.07) is 3.69. The Balaban J connectivity index is 2.71. The third kappa shape index (κ3) is 2.15. The van der Waals surface area contributed by atoms with Crippen LogP contribution >= 0.6 is 0 Å². The molecule has 0 spiro atoms. The lowest BCUT2D eigenvalue weighted by atomic mass is 10.0. The fourth-order valence-corrected chi connectivity index (χ4v) is 1.08. The van der Waals surface area contributed by atoms with E-state index < -0.39 is 0 Å². The van der Waals surface area contributed by atoms with Crippen LogP contribution in [0.2, 0.25) is 0 Å². The van der Waals surface area contributed by atoms with E-state index in [0.717, 1.165) is 0 Å². The number of aryl methyl sites for hydroxylation is 1. The van der Waals surface area contributed by atoms with Gasteiger partial charge in [0.25, 0.3) is 0 Å². The zero-order valence-corrected chi connectivity index (χ0v) is 7.69. The van der Waals surface area contributed by atoms with Crippen molar-refractivity contribution in [2.24, 2.45) is 13.0 Å². The Morgan fingerprint density at radius 3 is 3.00 bits per heavy atom. The molecule has 1 aromatic rings. The fraction of sp³-hybridized carbons (Fsp3) is 0.444. The second-order valence-electron chi connectivity index (χ2n) is 3.00. The highest BCUT2D eigenvalue weighted by Crippen LogP contribution is 2.07. The largest absolute Gasteiger partial charge is 0.292 e. The first-order valence-electron chi connectivity index (χ1n) is 4.06. The van der Waals surface area contributed by atoms with Gasteiger partial charge in [0, 0.05) is 19.7 Å². The Morgan fingerprint density at radius 2 is 2.54 bits per heavy atom. The second kappa shape index (κ2) is 3.85. The Labute approximate surface area is 76.8 Å². The quantitative estimate of drug-likeness (QED) is 0.651. The lowest BCUT2D eigenvalue weighted by Crippen LogP contribution is -2.09. The lowest BCUT2D eigenvalue weighted by molar-refractivity contribution is 0.0963. The number of carbonyl (C=O) groups excluding carboxylic acids is 1. The molecule has 0 aliphatic carbocycles. The van der Waals surface area contributed by atoms with Crippen LogP contribution < -0.4 is 0 Å². The summed E-state index contributed by atoms with van der Waals surface area (Å²) >= 11 is 0. The first-order chi connectivity index (χ1) is 6.15. The highest BCUT2D eigenvalue weighted by molar-refractivity contribution is 5.94. The smallest absolute Gasteiger partial charge is 0.182 e. The van der Waals surface area contributed by atoms with E-state index in [0.29, 0.717) is 5.69 Å². The summed E-state index contributed by atoms with van der Waals surface area (Å²) in [5.74, 6) is -0.267. The van der Waals surface area contributed by atoms with Crippen molar-refractivity contribution in [3.63, 3.8) is 0 Å². The van der Waals surface area contributed by atoms with E-state index in [4.69, 9.17) is 5.26 Å². The van der Waals surface area contributed by atoms with E-state index in [2.05, 4.69) is 5.10 Å². The number of carbonyl (C=O) groups is 1. The van der Waals surface area contributed by atoms with Gasteiger partial charge in [-0.05, 0) is 13.0 Å². The minimum atomic E-state index is -0.234. The minimum Gasteiger partial charge on any atom is -0.292 e. The number of hydrogen-bond acceptors (Lipinski definition) is 3. The van der Waals surface area contributed by atoms with Crippen LogP contribution in [0.4, 0.5) is 0 Å². The number of nitrogens with zero attached hydrogens (tertiary/aromatic N) is 3. The highest BCUT2D eigenvalue weighted by Gasteiger charge is 2.13. The molecule has 1 rings (SSSR count). The molecular weight excluding hydrogens is 166 g/mol. The molecule has 0 aliphatic heterocycles. The Morgan fingerprint density at radius 1 is 1.85 bits per heavy atom. The predicted molar refractivity (Wildman–Crippen MR) is 46.9 cm³/mol. The molecule has 1 unspecified atom stereocenters. The van der Waals surface area contributed by atoms with E-state index in [9.17, 15) is 4.79 Å². The number of aromatic nitrogens is 2. The number of hydrogen-bond donors (Lipinski definition) is 0. The maximum Gasteiger partial charge on any atom is 0.182 e. The predicted octanol–water partition coefficient (Wildman–Crippen LogP) is 1.15. The molecule has 0 aromatic carbocycles. The van der Waals surface area contributed by atoms with Crippen LogP contribution in [-0.2, 0) is 7.05 Å². The van der Waals surface area contributed by atoms with E-state index in [1.54, 1.807) is 26.2 Å². The summed E-state index contributed by atoms with van der Waals surface area (Å²) in [6.45, 7) is 1.73. The maximum absolute atomic E-state index is 11.5. The summed E-state index contributed by atoms with van der Waals surface area (Å²) in [6.07, 6.45) is 1.83. The minimum absolute atomic E-state index is 0.0333. The van der Waals surface area contributed by atoms with Crippen LogP contribution in [0.25, 0.3) is 0 Å². The SMILES string of the molecule is CC(C#N)CC(=O)c1ccnn1C. The Kier molecular flexibility index (Phi) is 2.80. The van der Waals surface area contributed by atoms with Gasteiger partial charge in [-0.1, -0.05) is 0 Å². The van der Waals surface area contributed by atoms with Crippen molar-refractivity contribution in [3.05, 3.63) is 18.0 Å². The molecule has 1 aromatic heterocycles. The second-order valence-corrected chi connectivity index (χ2v) is 3.00. The molecule has 0 bridgehead atoms. The van der Waals surface area contributed by atoms with Gasteiger partial charge in [0.1, 0.15) is 5.69 Å². The maximum atomic E-state index is 11.5. The van der Waals surface area contributed by atoms with E-state index in [-0.39, 0.29) is 18.1 Å². The Bertz CT molecular complexity index is 348. The summed E-state index contributed by atoms with van der Waals surface area (Å²) < 4.78 is 1.52. The third-order valence-corrected chi connectivity index (χ3v) is 1.82. The van der Waals surface area contributed by atoms with Crippen LogP contribution in [0.1, 0.15) is 23.8 Å². The molecule has 0 saturated carbocycles. The summed E-state index contributed by atoms with van der Waals surface area (Å²) in [4.78, 5) is 11.5. The van der Waals surface area contributed by atoms with Gasteiger partial charge in [0.05, 0.1) is 12.0 Å². The fourth-order valence-electron chi connectivity index (χ4n) is 1.08. The van der Waals surface area contributed by atoms with Crippen molar-refractivity contribution in [2.45, 2.75) is 13.3 Å². The zero-order chi connectivity index (χ0) is 9.84. The molecule has 0 N–H and O–H groups in total. The van der Waals surface area contributed by atoms with Gasteiger partial charge in [0.15, 0.2) is 5.78 Å². The van der Waals surface area contributed by atoms with Crippen LogP contribution in [0.15, 0.2) is 12.3 Å². The van der Waals surface area contributed by atoms with Crippen molar-refractivity contribution in [2.75, 3.05) is 0 Å². The van der Waals surface area contributed by atoms with Crippen molar-refractivity contribution in [1.82, 2.24) is 9.78 Å². The highest BCUT2D eigenvalue weighted by atomic mass is 16.1. The number of rotatable bonds is 3. The summed E-state index contributed by atoms with van der Waals surface area (Å²) in [7, 11) is 1.71. The molecule has 4 nitrogen and oxygen atoms in total. The molecule has 0 radical (unpaired) electrons. The van der Waals surface area contributed by atoms with E-state index in [1.165, 1.54) is 4.68 Å². The zero-order valence-electron chi connectivity index (χ0n) is 7.69. The average Bonchev–Trinajstić information content (AvgIpc) is 2.51. The molecule has 0 saturated heterocycles. The number of Topliss-reactive ketones (excluding diaryl/α,β-unsaturated/α-hetero) is 1. The van der Waals surface area contributed by atoms with Gasteiger partial charge < -0.3 is 0 Å². The summed E-state index contributed by atoms with van der Waals surface area (Å²) in [5.41, 5.74) is 0.558. The van der Waals surface area contributed by atoms with Crippen LogP contribution in [0, 0.1) is 17.2 Å². The van der Waals surface area contributed by atoms with Gasteiger partial charge in [-0.15, -0.1) is 0 Å². The van der Waals surface area contributed by atoms with Gasteiger partial charge in [-0.2, -0.15) is 10.4 Å². The number of nitriles is 1. The third-order valence-electron chi connectivity index (χ3n) is 1.82. The molecule has 1 atom stereocenters. The number of ketones is 1. The molecule has 68 valence electrons. The van der Waals surface area contributed by atoms with Crippen LogP contribution in [-0.4, -0.2) is 15.6 Å². The standard InChI is InChI=1S/C9H11N3O/c1-7(6-10)5-9(13)8-3-4-11-12(8)2/h3-4,7H,5H2,1-2H3. The van der Waals surface area contributed by atoms with Gasteiger partial charge in [-0.25, -0.2) is 0 Å². The monoisotopic (exact) mass is 177 g/mol. The first kappa shape index (κ1) is 9.46. The van der Waals surface area contributed by atoms with Crippen molar-refractivity contribution in [3.8, 4) is 6.07 Å². The van der Waals surface area contributed by atoms with Gasteiger partial charge in [0.2, 0.25) is 0 Å². The van der Waals surface area contributed by atoms with Crippen molar-refractivity contribution < 1.29 is 4.79 Å². The molecule has 0 fully saturated rings. The van der Waals surface area contributed by atoms with E-state index in [1.807, 2.05) is 6.07 Å². The molecule has 0 amide bonds. The molecule has 1 heterocycles. The molecular formula is C9H11N3O. The average molecular weight is 177 g/mol. The summed E-state index contributed by atoms with van der Waals surface area (Å²) in [5, 5.41) is 12.4. The Hall–Kier alpha value is -1.63. The van der Waals surface area contributed by atoms with Crippen LogP contribution in [0.3, 0.4) is 0 Å². The van der Waals surface area contributed by atoms with Crippen LogP contribution in [0.5, 0.6) is 0 Å². The van der Waals surface area contributed by atoms with Gasteiger partial charge in [-0.3, -0.25) is 9.48 Å². The molecule has 13 heavy (non-hydrogen) atoms.